The molecule has 82 valence electrons. The average molecular weight is 207 g/mol. The van der Waals surface area contributed by atoms with E-state index in [9.17, 15) is 4.79 Å². The lowest BCUT2D eigenvalue weighted by Crippen LogP contribution is -2.25. The molecule has 4 heteroatoms. The molecule has 0 atom stereocenters. The predicted molar refractivity (Wildman–Crippen MR) is 62.2 cm³/mol. The van der Waals surface area contributed by atoms with Gasteiger partial charge in [-0.25, -0.2) is 4.98 Å². The van der Waals surface area contributed by atoms with Crippen molar-refractivity contribution < 1.29 is 0 Å². The summed E-state index contributed by atoms with van der Waals surface area (Å²) in [5.41, 5.74) is -0.0726. The molecule has 0 saturated carbocycles. The number of nitrogens with zero attached hydrogens (tertiary/aromatic N) is 2. The third kappa shape index (κ3) is 2.94. The first kappa shape index (κ1) is 11.5. The van der Waals surface area contributed by atoms with Gasteiger partial charge in [0.05, 0.1) is 0 Å². The molecule has 1 aromatic rings. The zero-order chi connectivity index (χ0) is 11.3. The van der Waals surface area contributed by atoms with E-state index in [-0.39, 0.29) is 11.6 Å². The molecule has 1 heterocycles. The van der Waals surface area contributed by atoms with Gasteiger partial charge in [0.25, 0.3) is 5.56 Å². The van der Waals surface area contributed by atoms with Crippen LogP contribution in [0.15, 0.2) is 29.8 Å². The van der Waals surface area contributed by atoms with Crippen LogP contribution in [0.4, 0.5) is 5.82 Å². The summed E-state index contributed by atoms with van der Waals surface area (Å²) in [6.45, 7) is 8.24. The van der Waals surface area contributed by atoms with Gasteiger partial charge >= 0.3 is 0 Å². The van der Waals surface area contributed by atoms with Gasteiger partial charge in [-0.3, -0.25) is 4.79 Å². The van der Waals surface area contributed by atoms with E-state index in [1.165, 1.54) is 0 Å². The molecule has 1 N–H and O–H groups in total. The molecular weight excluding hydrogens is 190 g/mol. The number of hydrogen-bond donors (Lipinski definition) is 1. The zero-order valence-corrected chi connectivity index (χ0v) is 9.23. The van der Waals surface area contributed by atoms with Gasteiger partial charge in [0.15, 0.2) is 5.82 Å². The predicted octanol–water partition coefficient (Wildman–Crippen LogP) is 1.81. The van der Waals surface area contributed by atoms with Gasteiger partial charge in [0.2, 0.25) is 0 Å². The molecule has 1 rings (SSSR count). The highest BCUT2D eigenvalue weighted by Gasteiger charge is 2.05. The van der Waals surface area contributed by atoms with Crippen LogP contribution < -0.4 is 10.9 Å². The first-order valence-corrected chi connectivity index (χ1v) is 5.08. The van der Waals surface area contributed by atoms with Crippen LogP contribution >= 0.6 is 0 Å². The van der Waals surface area contributed by atoms with Crippen molar-refractivity contribution >= 4 is 5.82 Å². The molecule has 0 saturated heterocycles. The molecule has 0 bridgehead atoms. The van der Waals surface area contributed by atoms with E-state index < -0.39 is 0 Å². The zero-order valence-electron chi connectivity index (χ0n) is 9.23. The Bertz CT molecular complexity index is 382. The summed E-state index contributed by atoms with van der Waals surface area (Å²) in [7, 11) is 0. The molecule has 0 aliphatic rings. The van der Waals surface area contributed by atoms with Crippen molar-refractivity contribution in [3.05, 3.63) is 35.4 Å². The van der Waals surface area contributed by atoms with Crippen LogP contribution in [0, 0.1) is 0 Å². The minimum atomic E-state index is -0.0726. The Labute approximate surface area is 89.7 Å². The second-order valence-corrected chi connectivity index (χ2v) is 3.59. The third-order valence-corrected chi connectivity index (χ3v) is 2.07. The van der Waals surface area contributed by atoms with Gasteiger partial charge in [0.1, 0.15) is 0 Å². The topological polar surface area (TPSA) is 46.9 Å². The van der Waals surface area contributed by atoms with Gasteiger partial charge in [-0.15, -0.1) is 6.58 Å². The molecule has 0 fully saturated rings. The standard InChI is InChI=1S/C11H17N3O/c1-4-5-6-12-10-11(15)14(9(2)3)8-7-13-10/h4,7-9H,1,5-6H2,2-3H3,(H,12,13). The highest BCUT2D eigenvalue weighted by molar-refractivity contribution is 5.30. The smallest absolute Gasteiger partial charge is 0.293 e. The van der Waals surface area contributed by atoms with Crippen LogP contribution in [0.3, 0.4) is 0 Å². The van der Waals surface area contributed by atoms with Crippen molar-refractivity contribution in [1.29, 1.82) is 0 Å². The Morgan fingerprint density at radius 1 is 1.67 bits per heavy atom. The Balaban J connectivity index is 2.85. The summed E-state index contributed by atoms with van der Waals surface area (Å²) in [4.78, 5) is 15.8. The molecule has 0 aliphatic heterocycles. The monoisotopic (exact) mass is 207 g/mol. The van der Waals surface area contributed by atoms with Crippen LogP contribution in [-0.4, -0.2) is 16.1 Å². The molecule has 0 aliphatic carbocycles. The third-order valence-electron chi connectivity index (χ3n) is 2.07. The van der Waals surface area contributed by atoms with E-state index in [1.807, 2.05) is 13.8 Å². The van der Waals surface area contributed by atoms with Crippen molar-refractivity contribution in [2.45, 2.75) is 26.3 Å². The quantitative estimate of drug-likeness (QED) is 0.591. The normalized spacial score (nSPS) is 10.3. The minimum absolute atomic E-state index is 0.0726. The van der Waals surface area contributed by atoms with E-state index >= 15 is 0 Å². The lowest BCUT2D eigenvalue weighted by atomic mass is 10.4. The lowest BCUT2D eigenvalue weighted by molar-refractivity contribution is 0.575. The van der Waals surface area contributed by atoms with Crippen LogP contribution in [0.2, 0.25) is 0 Å². The highest BCUT2D eigenvalue weighted by atomic mass is 16.1. The highest BCUT2D eigenvalue weighted by Crippen LogP contribution is 2.01. The van der Waals surface area contributed by atoms with Crippen LogP contribution in [0.25, 0.3) is 0 Å². The maximum atomic E-state index is 11.8. The Hall–Kier alpha value is -1.58. The van der Waals surface area contributed by atoms with Gasteiger partial charge in [0, 0.05) is 25.0 Å². The summed E-state index contributed by atoms with van der Waals surface area (Å²) < 4.78 is 1.66. The minimum Gasteiger partial charge on any atom is -0.365 e. The number of nitrogens with one attached hydrogen (secondary N) is 1. The van der Waals surface area contributed by atoms with Gasteiger partial charge < -0.3 is 9.88 Å². The second kappa shape index (κ2) is 5.34. The van der Waals surface area contributed by atoms with Gasteiger partial charge in [-0.1, -0.05) is 6.08 Å². The van der Waals surface area contributed by atoms with Crippen molar-refractivity contribution in [1.82, 2.24) is 9.55 Å². The van der Waals surface area contributed by atoms with E-state index in [0.29, 0.717) is 12.4 Å². The van der Waals surface area contributed by atoms with Gasteiger partial charge in [-0.2, -0.15) is 0 Å². The SMILES string of the molecule is C=CCCNc1nccn(C(C)C)c1=O. The Morgan fingerprint density at radius 3 is 3.00 bits per heavy atom. The van der Waals surface area contributed by atoms with E-state index in [2.05, 4.69) is 16.9 Å². The fourth-order valence-electron chi connectivity index (χ4n) is 1.25. The van der Waals surface area contributed by atoms with E-state index in [1.54, 1.807) is 23.0 Å². The van der Waals surface area contributed by atoms with E-state index in [4.69, 9.17) is 0 Å². The summed E-state index contributed by atoms with van der Waals surface area (Å²) in [5.74, 6) is 0.410. The van der Waals surface area contributed by atoms with E-state index in [0.717, 1.165) is 6.42 Å². The first-order valence-electron chi connectivity index (χ1n) is 5.08. The van der Waals surface area contributed by atoms with Crippen molar-refractivity contribution in [2.24, 2.45) is 0 Å². The number of rotatable bonds is 5. The first-order chi connectivity index (χ1) is 7.16. The fraction of sp³-hybridized carbons (Fsp3) is 0.455. The van der Waals surface area contributed by atoms with Crippen molar-refractivity contribution in [2.75, 3.05) is 11.9 Å². The maximum Gasteiger partial charge on any atom is 0.293 e. The maximum absolute atomic E-state index is 11.8. The number of aromatic nitrogens is 2. The average Bonchev–Trinajstić information content (AvgIpc) is 2.20. The van der Waals surface area contributed by atoms with Crippen molar-refractivity contribution in [3.8, 4) is 0 Å². The van der Waals surface area contributed by atoms with Crippen LogP contribution in [-0.2, 0) is 0 Å². The summed E-state index contributed by atoms with van der Waals surface area (Å²) in [6, 6.07) is 0.153. The molecular formula is C11H17N3O. The summed E-state index contributed by atoms with van der Waals surface area (Å²) >= 11 is 0. The molecule has 0 amide bonds. The number of anilines is 1. The number of hydrogen-bond acceptors (Lipinski definition) is 3. The van der Waals surface area contributed by atoms with Crippen LogP contribution in [0.5, 0.6) is 0 Å². The second-order valence-electron chi connectivity index (χ2n) is 3.59. The Morgan fingerprint density at radius 2 is 2.40 bits per heavy atom. The molecule has 0 radical (unpaired) electrons. The van der Waals surface area contributed by atoms with Crippen LogP contribution in [0.1, 0.15) is 26.3 Å². The van der Waals surface area contributed by atoms with Gasteiger partial charge in [-0.05, 0) is 20.3 Å². The van der Waals surface area contributed by atoms with Crippen molar-refractivity contribution in [3.63, 3.8) is 0 Å². The molecule has 4 nitrogen and oxygen atoms in total. The lowest BCUT2D eigenvalue weighted by Gasteiger charge is -2.11. The molecule has 0 spiro atoms. The molecule has 15 heavy (non-hydrogen) atoms. The largest absolute Gasteiger partial charge is 0.365 e. The molecule has 0 unspecified atom stereocenters. The molecule has 1 aromatic heterocycles. The fourth-order valence-corrected chi connectivity index (χ4v) is 1.25. The summed E-state index contributed by atoms with van der Waals surface area (Å²) in [5, 5.41) is 2.99. The molecule has 0 aromatic carbocycles. The Kier molecular flexibility index (Phi) is 4.09. The summed E-state index contributed by atoms with van der Waals surface area (Å²) in [6.07, 6.45) is 5.96.